The minimum Gasteiger partial charge on any atom is -0.460 e. The van der Waals surface area contributed by atoms with E-state index in [1.54, 1.807) is 71.9 Å². The van der Waals surface area contributed by atoms with Crippen molar-refractivity contribution in [3.05, 3.63) is 35.9 Å². The van der Waals surface area contributed by atoms with Crippen molar-refractivity contribution in [1.82, 2.24) is 10.6 Å². The summed E-state index contributed by atoms with van der Waals surface area (Å²) in [5.41, 5.74) is -2.36. The van der Waals surface area contributed by atoms with Crippen LogP contribution in [-0.4, -0.2) is 64.7 Å². The van der Waals surface area contributed by atoms with Gasteiger partial charge in [-0.1, -0.05) is 30.3 Å². The van der Waals surface area contributed by atoms with E-state index >= 15 is 8.78 Å². The second-order valence-corrected chi connectivity index (χ2v) is 12.9. The largest absolute Gasteiger partial charge is 0.460 e. The number of carbonyl (C=O) groups excluding carboxylic acids is 5. The molecule has 0 unspecified atom stereocenters. The summed E-state index contributed by atoms with van der Waals surface area (Å²) in [6.45, 7) is 13.8. The number of hydrogen-bond acceptors (Lipinski definition) is 9. The van der Waals surface area contributed by atoms with Gasteiger partial charge in [0.2, 0.25) is 0 Å². The van der Waals surface area contributed by atoms with Crippen LogP contribution in [0.1, 0.15) is 87.1 Å². The first kappa shape index (κ1) is 37.3. The molecule has 2 N–H and O–H groups in total. The number of hydrogen-bond donors (Lipinski definition) is 2. The number of amides is 2. The molecule has 1 aromatic rings. The number of benzene rings is 1. The molecule has 0 fully saturated rings. The first-order valence-corrected chi connectivity index (χ1v) is 13.8. The maximum atomic E-state index is 15.3. The number of nitrogens with one attached hydrogen (secondary N) is 2. The zero-order valence-electron chi connectivity index (χ0n) is 26.3. The molecule has 2 amide bonds. The fourth-order valence-corrected chi connectivity index (χ4v) is 3.36. The number of alkyl halides is 2. The molecule has 0 heterocycles. The van der Waals surface area contributed by atoms with Gasteiger partial charge < -0.3 is 29.6 Å². The van der Waals surface area contributed by atoms with Crippen molar-refractivity contribution < 1.29 is 51.7 Å². The van der Waals surface area contributed by atoms with Gasteiger partial charge in [0, 0.05) is 6.42 Å². The van der Waals surface area contributed by atoms with E-state index in [0.29, 0.717) is 5.56 Å². The summed E-state index contributed by atoms with van der Waals surface area (Å²) < 4.78 is 51.2. The van der Waals surface area contributed by atoms with Gasteiger partial charge in [-0.3, -0.25) is 9.59 Å². The van der Waals surface area contributed by atoms with Crippen LogP contribution in [0.4, 0.5) is 13.6 Å². The minimum atomic E-state index is -4.29. The fraction of sp³-hybridized carbons (Fsp3) is 0.633. The van der Waals surface area contributed by atoms with E-state index in [0.717, 1.165) is 0 Å². The molecule has 43 heavy (non-hydrogen) atoms. The number of ether oxygens (including phenoxy) is 4. The van der Waals surface area contributed by atoms with Crippen LogP contribution < -0.4 is 10.6 Å². The summed E-state index contributed by atoms with van der Waals surface area (Å²) >= 11 is 0. The Bertz CT molecular complexity index is 1120. The summed E-state index contributed by atoms with van der Waals surface area (Å²) in [7, 11) is 0. The highest BCUT2D eigenvalue weighted by molar-refractivity contribution is 5.90. The van der Waals surface area contributed by atoms with E-state index in [1.807, 2.05) is 10.6 Å². The van der Waals surface area contributed by atoms with E-state index in [-0.39, 0.29) is 13.0 Å². The molecule has 1 aromatic carbocycles. The molecule has 0 aliphatic rings. The third kappa shape index (κ3) is 15.9. The highest BCUT2D eigenvalue weighted by Crippen LogP contribution is 2.24. The molecule has 0 saturated heterocycles. The molecule has 0 saturated carbocycles. The molecule has 2 atom stereocenters. The lowest BCUT2D eigenvalue weighted by atomic mass is 10.1. The molecule has 1 rings (SSSR count). The van der Waals surface area contributed by atoms with Crippen LogP contribution in [0.15, 0.2) is 30.3 Å². The molecule has 0 aromatic heterocycles. The van der Waals surface area contributed by atoms with Gasteiger partial charge in [-0.15, -0.1) is 0 Å². The second kappa shape index (κ2) is 15.1. The molecule has 0 radical (unpaired) electrons. The molecule has 0 bridgehead atoms. The van der Waals surface area contributed by atoms with Gasteiger partial charge in [0.15, 0.2) is 0 Å². The maximum Gasteiger partial charge on any atom is 0.408 e. The summed E-state index contributed by atoms with van der Waals surface area (Å²) in [6.07, 6.45) is -3.49. The summed E-state index contributed by atoms with van der Waals surface area (Å²) in [5.74, 6) is -9.22. The average Bonchev–Trinajstić information content (AvgIpc) is 2.82. The summed E-state index contributed by atoms with van der Waals surface area (Å²) in [5, 5.41) is 3.96. The SMILES string of the molecule is CC(C)(C)OC(=O)CC[C@H](NC(=O)C(F)(F)C[C@@H](NC(=O)OCc1ccccc1)C(=O)OC(C)(C)C)C(=O)OC(C)(C)C. The Balaban J connectivity index is 3.10. The quantitative estimate of drug-likeness (QED) is 0.255. The van der Waals surface area contributed by atoms with Crippen molar-refractivity contribution in [2.45, 2.75) is 123 Å². The third-order valence-corrected chi connectivity index (χ3v) is 5.04. The normalized spacial score (nSPS) is 13.7. The lowest BCUT2D eigenvalue weighted by Gasteiger charge is -2.28. The van der Waals surface area contributed by atoms with E-state index in [2.05, 4.69) is 0 Å². The molecule has 0 spiro atoms. The average molecular weight is 615 g/mol. The Kier molecular flexibility index (Phi) is 13.1. The van der Waals surface area contributed by atoms with E-state index in [1.165, 1.54) is 20.8 Å². The Morgan fingerprint density at radius 2 is 1.21 bits per heavy atom. The van der Waals surface area contributed by atoms with Crippen molar-refractivity contribution in [2.24, 2.45) is 0 Å². The number of esters is 3. The van der Waals surface area contributed by atoms with Gasteiger partial charge >= 0.3 is 29.9 Å². The summed E-state index contributed by atoms with van der Waals surface area (Å²) in [4.78, 5) is 62.9. The molecule has 13 heteroatoms. The van der Waals surface area contributed by atoms with Crippen LogP contribution in [0, 0.1) is 0 Å². The third-order valence-electron chi connectivity index (χ3n) is 5.04. The number of halogens is 2. The first-order chi connectivity index (χ1) is 19.5. The zero-order valence-corrected chi connectivity index (χ0v) is 26.3. The maximum absolute atomic E-state index is 15.3. The monoisotopic (exact) mass is 614 g/mol. The van der Waals surface area contributed by atoms with Crippen molar-refractivity contribution in [1.29, 1.82) is 0 Å². The standard InChI is InChI=1S/C30H44F2N2O9/c1-27(2,3)41-22(35)16-15-20(23(36)42-28(4,5)6)33-25(38)30(31,32)17-21(24(37)43-29(7,8)9)34-26(39)40-18-19-13-11-10-12-14-19/h10-14,20-21H,15-18H2,1-9H3,(H,33,38)(H,34,39)/t20-,21+/m0/s1. The predicted octanol–water partition coefficient (Wildman–Crippen LogP) is 4.60. The first-order valence-electron chi connectivity index (χ1n) is 13.8. The van der Waals surface area contributed by atoms with Gasteiger partial charge in [0.1, 0.15) is 35.5 Å². The van der Waals surface area contributed by atoms with Gasteiger partial charge in [0.05, 0.1) is 6.42 Å². The van der Waals surface area contributed by atoms with Gasteiger partial charge in [0.25, 0.3) is 5.91 Å². The molecule has 242 valence electrons. The van der Waals surface area contributed by atoms with Crippen LogP contribution in [0.2, 0.25) is 0 Å². The second-order valence-electron chi connectivity index (χ2n) is 12.9. The fourth-order valence-electron chi connectivity index (χ4n) is 3.36. The number of rotatable bonds is 12. The highest BCUT2D eigenvalue weighted by Gasteiger charge is 2.46. The molecular weight excluding hydrogens is 570 g/mol. The predicted molar refractivity (Wildman–Crippen MR) is 152 cm³/mol. The molecule has 0 aliphatic heterocycles. The molecule has 0 aliphatic carbocycles. The highest BCUT2D eigenvalue weighted by atomic mass is 19.3. The number of carbonyl (C=O) groups is 5. The summed E-state index contributed by atoms with van der Waals surface area (Å²) in [6, 6.07) is 4.86. The van der Waals surface area contributed by atoms with Crippen LogP contribution in [-0.2, 0) is 44.7 Å². The Hall–Kier alpha value is -3.77. The Labute approximate surface area is 251 Å². The van der Waals surface area contributed by atoms with Crippen LogP contribution in [0.5, 0.6) is 0 Å². The van der Waals surface area contributed by atoms with Crippen LogP contribution in [0.3, 0.4) is 0 Å². The van der Waals surface area contributed by atoms with Gasteiger partial charge in [-0.2, -0.15) is 8.78 Å². The van der Waals surface area contributed by atoms with Gasteiger partial charge in [-0.25, -0.2) is 14.4 Å². The smallest absolute Gasteiger partial charge is 0.408 e. The Morgan fingerprint density at radius 1 is 0.721 bits per heavy atom. The minimum absolute atomic E-state index is 0.209. The zero-order chi connectivity index (χ0) is 33.2. The topological polar surface area (TPSA) is 146 Å². The van der Waals surface area contributed by atoms with Crippen molar-refractivity contribution in [3.63, 3.8) is 0 Å². The van der Waals surface area contributed by atoms with Crippen molar-refractivity contribution in [3.8, 4) is 0 Å². The lowest BCUT2D eigenvalue weighted by molar-refractivity contribution is -0.166. The van der Waals surface area contributed by atoms with E-state index in [4.69, 9.17) is 18.9 Å². The van der Waals surface area contributed by atoms with E-state index in [9.17, 15) is 24.0 Å². The molecule has 11 nitrogen and oxygen atoms in total. The van der Waals surface area contributed by atoms with Crippen LogP contribution in [0.25, 0.3) is 0 Å². The van der Waals surface area contributed by atoms with Gasteiger partial charge in [-0.05, 0) is 74.3 Å². The Morgan fingerprint density at radius 3 is 1.70 bits per heavy atom. The number of alkyl carbamates (subject to hydrolysis) is 1. The van der Waals surface area contributed by atoms with Crippen molar-refractivity contribution >= 4 is 29.9 Å². The van der Waals surface area contributed by atoms with Crippen LogP contribution >= 0.6 is 0 Å². The van der Waals surface area contributed by atoms with E-state index < -0.39 is 77.6 Å². The lowest BCUT2D eigenvalue weighted by Crippen LogP contribution is -2.54. The van der Waals surface area contributed by atoms with Crippen molar-refractivity contribution in [2.75, 3.05) is 0 Å². The molecular formula is C30H44F2N2O9.